The Labute approximate surface area is 200 Å². The molecule has 8 heteroatoms. The Morgan fingerprint density at radius 1 is 1.00 bits per heavy atom. The molecule has 174 valence electrons. The van der Waals surface area contributed by atoms with Gasteiger partial charge in [0.05, 0.1) is 9.92 Å². The number of hydrogen-bond acceptors (Lipinski definition) is 4. The molecule has 1 atom stereocenters. The molecule has 0 aliphatic rings. The van der Waals surface area contributed by atoms with Crippen LogP contribution in [0.15, 0.2) is 65.6 Å². The largest absolute Gasteiger partial charge is 0.482 e. The van der Waals surface area contributed by atoms with Crippen LogP contribution in [-0.2, 0) is 14.8 Å². The number of sulfonamides is 1. The highest BCUT2D eigenvalue weighted by molar-refractivity contribution is 7.89. The topological polar surface area (TPSA) is 84.5 Å². The van der Waals surface area contributed by atoms with Gasteiger partial charge in [-0.2, -0.15) is 0 Å². The van der Waals surface area contributed by atoms with Crippen LogP contribution in [0.3, 0.4) is 0 Å². The maximum Gasteiger partial charge on any atom is 0.262 e. The summed E-state index contributed by atoms with van der Waals surface area (Å²) in [6.45, 7) is 7.36. The molecule has 0 aliphatic carbocycles. The molecule has 3 aromatic carbocycles. The van der Waals surface area contributed by atoms with E-state index in [2.05, 4.69) is 10.0 Å². The number of hydrogen-bond donors (Lipinski definition) is 2. The van der Waals surface area contributed by atoms with Gasteiger partial charge < -0.3 is 10.1 Å². The Balaban J connectivity index is 1.65. The van der Waals surface area contributed by atoms with Gasteiger partial charge in [-0.25, -0.2) is 13.1 Å². The fourth-order valence-corrected chi connectivity index (χ4v) is 5.13. The summed E-state index contributed by atoms with van der Waals surface area (Å²) in [5.41, 5.74) is 4.64. The third-order valence-corrected chi connectivity index (χ3v) is 6.98. The lowest BCUT2D eigenvalue weighted by Gasteiger charge is -2.16. The quantitative estimate of drug-likeness (QED) is 0.451. The van der Waals surface area contributed by atoms with E-state index in [4.69, 9.17) is 16.3 Å². The van der Waals surface area contributed by atoms with Crippen molar-refractivity contribution in [2.45, 2.75) is 38.6 Å². The number of amides is 1. The zero-order chi connectivity index (χ0) is 24.2. The van der Waals surface area contributed by atoms with Crippen molar-refractivity contribution in [3.05, 3.63) is 87.9 Å². The molecular weight excluding hydrogens is 460 g/mol. The van der Waals surface area contributed by atoms with E-state index in [1.807, 2.05) is 63.2 Å². The van der Waals surface area contributed by atoms with Crippen molar-refractivity contribution in [1.29, 1.82) is 0 Å². The minimum atomic E-state index is -3.80. The average Bonchev–Trinajstić information content (AvgIpc) is 2.75. The molecule has 0 heterocycles. The number of carbonyl (C=O) groups is 1. The van der Waals surface area contributed by atoms with Crippen molar-refractivity contribution < 1.29 is 17.9 Å². The van der Waals surface area contributed by atoms with Crippen LogP contribution in [-0.4, -0.2) is 20.9 Å². The molecule has 0 fully saturated rings. The molecule has 0 saturated carbocycles. The van der Waals surface area contributed by atoms with Gasteiger partial charge >= 0.3 is 0 Å². The van der Waals surface area contributed by atoms with Crippen LogP contribution in [0.4, 0.5) is 5.69 Å². The molecule has 0 spiro atoms. The molecule has 0 aliphatic heterocycles. The van der Waals surface area contributed by atoms with Gasteiger partial charge in [0.25, 0.3) is 5.91 Å². The summed E-state index contributed by atoms with van der Waals surface area (Å²) in [6, 6.07) is 17.0. The minimum Gasteiger partial charge on any atom is -0.482 e. The number of benzene rings is 3. The molecule has 0 saturated heterocycles. The Hall–Kier alpha value is -2.87. The monoisotopic (exact) mass is 486 g/mol. The van der Waals surface area contributed by atoms with Gasteiger partial charge in [-0.1, -0.05) is 59.6 Å². The molecule has 33 heavy (non-hydrogen) atoms. The highest BCUT2D eigenvalue weighted by Gasteiger charge is 2.20. The zero-order valence-electron chi connectivity index (χ0n) is 19.0. The molecule has 3 aromatic rings. The van der Waals surface area contributed by atoms with Gasteiger partial charge in [0.1, 0.15) is 5.75 Å². The maximum absolute atomic E-state index is 12.8. The van der Waals surface area contributed by atoms with Crippen LogP contribution >= 0.6 is 11.6 Å². The summed E-state index contributed by atoms with van der Waals surface area (Å²) in [5.74, 6) is -0.115. The van der Waals surface area contributed by atoms with Gasteiger partial charge in [-0.3, -0.25) is 4.79 Å². The molecule has 0 bridgehead atoms. The van der Waals surface area contributed by atoms with Crippen molar-refractivity contribution in [2.24, 2.45) is 0 Å². The second-order valence-electron chi connectivity index (χ2n) is 7.96. The lowest BCUT2D eigenvalue weighted by molar-refractivity contribution is -0.118. The van der Waals surface area contributed by atoms with E-state index in [1.165, 1.54) is 18.2 Å². The molecule has 0 radical (unpaired) electrons. The summed E-state index contributed by atoms with van der Waals surface area (Å²) in [6.07, 6.45) is 0. The van der Waals surface area contributed by atoms with Crippen LogP contribution in [0.5, 0.6) is 5.75 Å². The Kier molecular flexibility index (Phi) is 7.79. The highest BCUT2D eigenvalue weighted by atomic mass is 35.5. The summed E-state index contributed by atoms with van der Waals surface area (Å²) in [7, 11) is -3.80. The number of ether oxygens (including phenoxy) is 1. The Bertz CT molecular complexity index is 1240. The van der Waals surface area contributed by atoms with Gasteiger partial charge in [0.15, 0.2) is 6.61 Å². The summed E-state index contributed by atoms with van der Waals surface area (Å²) < 4.78 is 33.7. The molecule has 1 unspecified atom stereocenters. The minimum absolute atomic E-state index is 0.0120. The van der Waals surface area contributed by atoms with Crippen molar-refractivity contribution in [3.8, 4) is 5.75 Å². The predicted octanol–water partition coefficient (Wildman–Crippen LogP) is 5.32. The number of halogens is 1. The third-order valence-electron chi connectivity index (χ3n) is 5.15. The van der Waals surface area contributed by atoms with Crippen molar-refractivity contribution in [2.75, 3.05) is 11.9 Å². The first-order valence-electron chi connectivity index (χ1n) is 10.4. The fraction of sp³-hybridized carbons (Fsp3) is 0.240. The number of anilines is 1. The molecular formula is C25H27ClN2O4S. The van der Waals surface area contributed by atoms with Gasteiger partial charge in [0, 0.05) is 11.7 Å². The number of rotatable bonds is 8. The van der Waals surface area contributed by atoms with Gasteiger partial charge in [-0.15, -0.1) is 0 Å². The first-order valence-corrected chi connectivity index (χ1v) is 12.3. The molecule has 1 amide bonds. The van der Waals surface area contributed by atoms with E-state index in [0.717, 1.165) is 27.9 Å². The normalized spacial score (nSPS) is 12.3. The van der Waals surface area contributed by atoms with Crippen LogP contribution in [0.25, 0.3) is 0 Å². The van der Waals surface area contributed by atoms with E-state index < -0.39 is 16.1 Å². The fourth-order valence-electron chi connectivity index (χ4n) is 3.57. The SMILES string of the molecule is Cc1cc(C)c(NC(=O)COc2ccc(S(=O)(=O)NC(C)c3ccccc3)cc2Cl)c(C)c1. The molecule has 3 rings (SSSR count). The second-order valence-corrected chi connectivity index (χ2v) is 10.1. The number of aryl methyl sites for hydroxylation is 3. The second kappa shape index (κ2) is 10.4. The molecule has 0 aromatic heterocycles. The maximum atomic E-state index is 12.8. The average molecular weight is 487 g/mol. The number of nitrogens with one attached hydrogen (secondary N) is 2. The van der Waals surface area contributed by atoms with Crippen molar-refractivity contribution in [1.82, 2.24) is 4.72 Å². The Morgan fingerprint density at radius 3 is 2.24 bits per heavy atom. The van der Waals surface area contributed by atoms with Gasteiger partial charge in [-0.05, 0) is 62.6 Å². The van der Waals surface area contributed by atoms with Crippen LogP contribution < -0.4 is 14.8 Å². The van der Waals surface area contributed by atoms with E-state index in [1.54, 1.807) is 6.92 Å². The summed E-state index contributed by atoms with van der Waals surface area (Å²) >= 11 is 6.25. The molecule has 6 nitrogen and oxygen atoms in total. The van der Waals surface area contributed by atoms with E-state index in [-0.39, 0.29) is 28.2 Å². The van der Waals surface area contributed by atoms with E-state index >= 15 is 0 Å². The first kappa shape index (κ1) is 24.8. The zero-order valence-corrected chi connectivity index (χ0v) is 20.5. The summed E-state index contributed by atoms with van der Waals surface area (Å²) in [5, 5.41) is 2.95. The van der Waals surface area contributed by atoms with Crippen molar-refractivity contribution in [3.63, 3.8) is 0 Å². The lowest BCUT2D eigenvalue weighted by atomic mass is 10.1. The first-order chi connectivity index (χ1) is 15.6. The Morgan fingerprint density at radius 2 is 1.64 bits per heavy atom. The van der Waals surface area contributed by atoms with Crippen molar-refractivity contribution >= 4 is 33.2 Å². The predicted molar refractivity (Wildman–Crippen MR) is 131 cm³/mol. The standard InChI is InChI=1S/C25H27ClN2O4S/c1-16-12-17(2)25(18(3)13-16)27-24(29)15-32-23-11-10-21(14-22(23)26)33(30,31)28-19(4)20-8-6-5-7-9-20/h5-14,19,28H,15H2,1-4H3,(H,27,29). The van der Waals surface area contributed by atoms with E-state index in [9.17, 15) is 13.2 Å². The molecule has 2 N–H and O–H groups in total. The third kappa shape index (κ3) is 6.35. The number of carbonyl (C=O) groups excluding carboxylic acids is 1. The van der Waals surface area contributed by atoms with Crippen LogP contribution in [0.1, 0.15) is 35.2 Å². The van der Waals surface area contributed by atoms with Crippen LogP contribution in [0, 0.1) is 20.8 Å². The highest BCUT2D eigenvalue weighted by Crippen LogP contribution is 2.28. The summed E-state index contributed by atoms with van der Waals surface area (Å²) in [4.78, 5) is 12.4. The smallest absolute Gasteiger partial charge is 0.262 e. The van der Waals surface area contributed by atoms with Gasteiger partial charge in [0.2, 0.25) is 10.0 Å². The van der Waals surface area contributed by atoms with Crippen LogP contribution in [0.2, 0.25) is 5.02 Å². The van der Waals surface area contributed by atoms with E-state index in [0.29, 0.717) is 0 Å². The lowest BCUT2D eigenvalue weighted by Crippen LogP contribution is -2.27.